The lowest BCUT2D eigenvalue weighted by Crippen LogP contribution is -2.51. The van der Waals surface area contributed by atoms with E-state index < -0.39 is 0 Å². The topological polar surface area (TPSA) is 75.4 Å². The fraction of sp³-hybridized carbons (Fsp3) is 0.909. The molecule has 0 aromatic rings. The summed E-state index contributed by atoms with van der Waals surface area (Å²) in [6, 6.07) is -0.0193. The van der Waals surface area contributed by atoms with Crippen LogP contribution in [0.25, 0.3) is 0 Å². The number of nitrogens with one attached hydrogen (secondary N) is 1. The third-order valence-corrected chi connectivity index (χ3v) is 3.86. The molecule has 0 aromatic carbocycles. The van der Waals surface area contributed by atoms with Gasteiger partial charge in [-0.15, -0.1) is 0 Å². The number of rotatable bonds is 4. The Bertz CT molecular complexity index is 251. The molecule has 4 nitrogen and oxygen atoms in total. The van der Waals surface area contributed by atoms with Crippen molar-refractivity contribution in [3.8, 4) is 0 Å². The Morgan fingerprint density at radius 3 is 2.80 bits per heavy atom. The predicted molar refractivity (Wildman–Crippen MR) is 57.1 cm³/mol. The minimum atomic E-state index is -0.0193. The van der Waals surface area contributed by atoms with Gasteiger partial charge in [0, 0.05) is 5.92 Å². The van der Waals surface area contributed by atoms with E-state index in [0.717, 1.165) is 32.1 Å². The Morgan fingerprint density at radius 1 is 1.53 bits per heavy atom. The molecular weight excluding hydrogens is 192 g/mol. The third kappa shape index (κ3) is 2.01. The lowest BCUT2D eigenvalue weighted by molar-refractivity contribution is -0.132. The van der Waals surface area contributed by atoms with E-state index in [-0.39, 0.29) is 29.9 Å². The van der Waals surface area contributed by atoms with E-state index in [1.54, 1.807) is 0 Å². The molecule has 4 heteroatoms. The second-order valence-electron chi connectivity index (χ2n) is 4.94. The summed E-state index contributed by atoms with van der Waals surface area (Å²) in [5, 5.41) is 12.0. The van der Waals surface area contributed by atoms with Crippen LogP contribution >= 0.6 is 0 Å². The number of hydrogen-bond acceptors (Lipinski definition) is 3. The van der Waals surface area contributed by atoms with Crippen LogP contribution in [0, 0.1) is 11.3 Å². The first-order chi connectivity index (χ1) is 7.22. The number of aliphatic hydroxyl groups excluding tert-OH is 1. The standard InChI is InChI=1S/C11H20N2O2/c12-5-1-2-9-10(15)13-8(7-14)6-11(9)3-4-11/h8-9,14H,1-7,12H2,(H,13,15)/t8-,9+/m1/s1. The molecule has 2 aliphatic rings. The summed E-state index contributed by atoms with van der Waals surface area (Å²) in [4.78, 5) is 11.9. The molecule has 1 saturated heterocycles. The number of amides is 1. The quantitative estimate of drug-likeness (QED) is 0.614. The van der Waals surface area contributed by atoms with Gasteiger partial charge in [-0.05, 0) is 44.1 Å². The predicted octanol–water partition coefficient (Wildman–Crippen LogP) is 0.00250. The number of hydrogen-bond donors (Lipinski definition) is 3. The molecule has 2 rings (SSSR count). The molecule has 2 atom stereocenters. The van der Waals surface area contributed by atoms with Crippen LogP contribution in [-0.4, -0.2) is 30.2 Å². The zero-order valence-electron chi connectivity index (χ0n) is 9.04. The van der Waals surface area contributed by atoms with Crippen LogP contribution in [-0.2, 0) is 4.79 Å². The Hall–Kier alpha value is -0.610. The molecular formula is C11H20N2O2. The van der Waals surface area contributed by atoms with Crippen molar-refractivity contribution in [1.82, 2.24) is 5.32 Å². The smallest absolute Gasteiger partial charge is 0.223 e. The molecule has 0 radical (unpaired) electrons. The SMILES string of the molecule is NCCC[C@H]1C(=O)N[C@@H](CO)CC12CC2. The van der Waals surface area contributed by atoms with Gasteiger partial charge in [-0.25, -0.2) is 0 Å². The minimum Gasteiger partial charge on any atom is -0.394 e. The third-order valence-electron chi connectivity index (χ3n) is 3.86. The molecule has 0 aromatic heterocycles. The van der Waals surface area contributed by atoms with Gasteiger partial charge in [-0.3, -0.25) is 4.79 Å². The highest BCUT2D eigenvalue weighted by Gasteiger charge is 2.55. The van der Waals surface area contributed by atoms with E-state index in [4.69, 9.17) is 10.8 Å². The van der Waals surface area contributed by atoms with Gasteiger partial charge in [0.05, 0.1) is 12.6 Å². The van der Waals surface area contributed by atoms with Gasteiger partial charge in [0.25, 0.3) is 0 Å². The van der Waals surface area contributed by atoms with Gasteiger partial charge < -0.3 is 16.2 Å². The second-order valence-corrected chi connectivity index (χ2v) is 4.94. The Morgan fingerprint density at radius 2 is 2.27 bits per heavy atom. The van der Waals surface area contributed by atoms with Crippen molar-refractivity contribution in [3.05, 3.63) is 0 Å². The van der Waals surface area contributed by atoms with Gasteiger partial charge >= 0.3 is 0 Å². The van der Waals surface area contributed by atoms with E-state index in [9.17, 15) is 4.79 Å². The lowest BCUT2D eigenvalue weighted by atomic mass is 9.77. The molecule has 1 saturated carbocycles. The number of nitrogens with two attached hydrogens (primary N) is 1. The number of aliphatic hydroxyl groups is 1. The lowest BCUT2D eigenvalue weighted by Gasteiger charge is -2.36. The summed E-state index contributed by atoms with van der Waals surface area (Å²) in [5.41, 5.74) is 5.70. The molecule has 1 spiro atoms. The van der Waals surface area contributed by atoms with E-state index in [0.29, 0.717) is 6.54 Å². The maximum absolute atomic E-state index is 11.9. The van der Waals surface area contributed by atoms with Crippen LogP contribution < -0.4 is 11.1 Å². The highest BCUT2D eigenvalue weighted by molar-refractivity contribution is 5.81. The maximum Gasteiger partial charge on any atom is 0.223 e. The largest absolute Gasteiger partial charge is 0.394 e. The monoisotopic (exact) mass is 212 g/mol. The summed E-state index contributed by atoms with van der Waals surface area (Å²) in [6.45, 7) is 0.723. The van der Waals surface area contributed by atoms with Crippen molar-refractivity contribution in [2.75, 3.05) is 13.2 Å². The van der Waals surface area contributed by atoms with Crippen LogP contribution in [0.4, 0.5) is 0 Å². The molecule has 1 aliphatic heterocycles. The zero-order chi connectivity index (χ0) is 10.9. The number of carbonyl (C=O) groups excluding carboxylic acids is 1. The van der Waals surface area contributed by atoms with Crippen molar-refractivity contribution in [2.24, 2.45) is 17.1 Å². The molecule has 86 valence electrons. The van der Waals surface area contributed by atoms with E-state index in [2.05, 4.69) is 5.32 Å². The average molecular weight is 212 g/mol. The number of piperidine rings is 1. The van der Waals surface area contributed by atoms with Gasteiger partial charge in [0.15, 0.2) is 0 Å². The molecule has 1 amide bonds. The van der Waals surface area contributed by atoms with Crippen molar-refractivity contribution in [1.29, 1.82) is 0 Å². The first-order valence-corrected chi connectivity index (χ1v) is 5.83. The summed E-state index contributed by atoms with van der Waals surface area (Å²) in [5.74, 6) is 0.273. The molecule has 0 unspecified atom stereocenters. The van der Waals surface area contributed by atoms with Crippen LogP contribution in [0.1, 0.15) is 32.1 Å². The summed E-state index contributed by atoms with van der Waals surface area (Å²) < 4.78 is 0. The molecule has 1 heterocycles. The maximum atomic E-state index is 11.9. The van der Waals surface area contributed by atoms with Crippen molar-refractivity contribution in [2.45, 2.75) is 38.1 Å². The van der Waals surface area contributed by atoms with Crippen LogP contribution in [0.5, 0.6) is 0 Å². The van der Waals surface area contributed by atoms with Crippen molar-refractivity contribution >= 4 is 5.91 Å². The second kappa shape index (κ2) is 4.10. The Kier molecular flexibility index (Phi) is 2.98. The molecule has 0 bridgehead atoms. The average Bonchev–Trinajstić information content (AvgIpc) is 2.97. The van der Waals surface area contributed by atoms with E-state index in [1.807, 2.05) is 0 Å². The van der Waals surface area contributed by atoms with Crippen LogP contribution in [0.2, 0.25) is 0 Å². The molecule has 15 heavy (non-hydrogen) atoms. The van der Waals surface area contributed by atoms with Crippen LogP contribution in [0.15, 0.2) is 0 Å². The van der Waals surface area contributed by atoms with Gasteiger partial charge in [0.1, 0.15) is 0 Å². The van der Waals surface area contributed by atoms with E-state index >= 15 is 0 Å². The highest BCUT2D eigenvalue weighted by Crippen LogP contribution is 2.58. The van der Waals surface area contributed by atoms with Gasteiger partial charge in [-0.1, -0.05) is 0 Å². The summed E-state index contributed by atoms with van der Waals surface area (Å²) >= 11 is 0. The fourth-order valence-corrected chi connectivity index (χ4v) is 2.85. The summed E-state index contributed by atoms with van der Waals surface area (Å²) in [7, 11) is 0. The molecule has 4 N–H and O–H groups in total. The van der Waals surface area contributed by atoms with Crippen molar-refractivity contribution in [3.63, 3.8) is 0 Å². The zero-order valence-corrected chi connectivity index (χ0v) is 9.04. The highest BCUT2D eigenvalue weighted by atomic mass is 16.3. The fourth-order valence-electron chi connectivity index (χ4n) is 2.85. The van der Waals surface area contributed by atoms with E-state index in [1.165, 1.54) is 0 Å². The normalized spacial score (nSPS) is 32.8. The van der Waals surface area contributed by atoms with Gasteiger partial charge in [-0.2, -0.15) is 0 Å². The summed E-state index contributed by atoms with van der Waals surface area (Å²) in [6.07, 6.45) is 5.06. The first kappa shape index (κ1) is 10.9. The van der Waals surface area contributed by atoms with Crippen LogP contribution in [0.3, 0.4) is 0 Å². The Labute approximate surface area is 90.2 Å². The van der Waals surface area contributed by atoms with Gasteiger partial charge in [0.2, 0.25) is 5.91 Å². The van der Waals surface area contributed by atoms with Crippen molar-refractivity contribution < 1.29 is 9.90 Å². The molecule has 2 fully saturated rings. The number of carbonyl (C=O) groups is 1. The minimum absolute atomic E-state index is 0.0193. The Balaban J connectivity index is 2.01. The molecule has 1 aliphatic carbocycles. The first-order valence-electron chi connectivity index (χ1n) is 5.83.